The zero-order valence-electron chi connectivity index (χ0n) is 15.3. The maximum Gasteiger partial charge on any atom is 0.496 e. The van der Waals surface area contributed by atoms with E-state index in [1.807, 2.05) is 27.7 Å². The molecule has 0 atom stereocenters. The second-order valence-corrected chi connectivity index (χ2v) is 4.69. The largest absolute Gasteiger partial charge is 0.496 e. The lowest BCUT2D eigenvalue weighted by molar-refractivity contribution is 0.00578. The van der Waals surface area contributed by atoms with Gasteiger partial charge in [0.05, 0.1) is 15.3 Å². The summed E-state index contributed by atoms with van der Waals surface area (Å²) in [6.45, 7) is 4.60. The summed E-state index contributed by atoms with van der Waals surface area (Å²) in [5.41, 5.74) is -1.35. The van der Waals surface area contributed by atoms with E-state index in [1.54, 1.807) is 0 Å². The Balaban J connectivity index is 2.53. The van der Waals surface area contributed by atoms with Gasteiger partial charge in [0, 0.05) is 28.9 Å². The molecule has 1 aromatic heterocycles. The van der Waals surface area contributed by atoms with Crippen molar-refractivity contribution in [1.29, 1.82) is 0 Å². The number of nitrogens with zero attached hydrogens (tertiary/aromatic N) is 1. The maximum absolute atomic E-state index is 7.99. The molecule has 4 heteroatoms. The molecule has 1 fully saturated rings. The molecule has 2 rings (SSSR count). The van der Waals surface area contributed by atoms with Gasteiger partial charge in [-0.2, -0.15) is 0 Å². The Hall–Kier alpha value is -0.735. The Morgan fingerprint density at radius 1 is 1.33 bits per heavy atom. The highest BCUT2D eigenvalue weighted by Crippen LogP contribution is 2.36. The average Bonchev–Trinajstić information content (AvgIpc) is 2.58. The minimum Gasteiger partial charge on any atom is -0.399 e. The zero-order chi connectivity index (χ0) is 16.4. The highest BCUT2D eigenvalue weighted by Gasteiger charge is 2.51. The second-order valence-electron chi connectivity index (χ2n) is 4.69. The van der Waals surface area contributed by atoms with E-state index in [0.29, 0.717) is 4.57 Å². The molecule has 1 aliphatic rings. The second kappa shape index (κ2) is 3.13. The minimum atomic E-state index is -2.69. The topological polar surface area (TPSA) is 23.4 Å². The molecule has 82 valence electrons. The van der Waals surface area contributed by atoms with Gasteiger partial charge in [0.2, 0.25) is 0 Å². The molecule has 0 N–H and O–H groups in total. The van der Waals surface area contributed by atoms with Crippen LogP contribution in [-0.4, -0.2) is 22.9 Å². The summed E-state index contributed by atoms with van der Waals surface area (Å²) >= 11 is 0. The SMILES string of the molecule is [2H]c1c(B2OC(C)(C)C(C)(C)O2)c([2H])n(C([2H])([2H])[2H])c1[2H]. The van der Waals surface area contributed by atoms with Crippen LogP contribution >= 0.6 is 0 Å². The first-order chi connectivity index (χ1) is 9.29. The van der Waals surface area contributed by atoms with Crippen LogP contribution in [0.5, 0.6) is 0 Å². The van der Waals surface area contributed by atoms with Gasteiger partial charge < -0.3 is 13.9 Å². The maximum atomic E-state index is 7.99. The number of rotatable bonds is 1. The molecule has 0 aliphatic carbocycles. The molecule has 2 heterocycles. The van der Waals surface area contributed by atoms with Crippen LogP contribution in [0.15, 0.2) is 18.4 Å². The lowest BCUT2D eigenvalue weighted by Crippen LogP contribution is -2.41. The molecule has 1 aliphatic heterocycles. The summed E-state index contributed by atoms with van der Waals surface area (Å²) in [5, 5.41) is 0. The summed E-state index contributed by atoms with van der Waals surface area (Å²) < 4.78 is 57.9. The van der Waals surface area contributed by atoms with Crippen molar-refractivity contribution in [3.8, 4) is 0 Å². The van der Waals surface area contributed by atoms with Crippen LogP contribution in [0.1, 0.15) is 35.9 Å². The van der Waals surface area contributed by atoms with Crippen LogP contribution < -0.4 is 5.46 Å². The normalized spacial score (nSPS) is 30.0. The van der Waals surface area contributed by atoms with Crippen molar-refractivity contribution in [2.24, 2.45) is 6.98 Å². The van der Waals surface area contributed by atoms with E-state index in [9.17, 15) is 0 Å². The Labute approximate surface area is 99.9 Å². The third-order valence-electron chi connectivity index (χ3n) is 3.02. The van der Waals surface area contributed by atoms with E-state index in [2.05, 4.69) is 0 Å². The van der Waals surface area contributed by atoms with E-state index in [4.69, 9.17) is 17.5 Å². The molecule has 0 saturated carbocycles. The molecular formula is C11H18BNO2. The third-order valence-corrected chi connectivity index (χ3v) is 3.02. The van der Waals surface area contributed by atoms with Crippen molar-refractivity contribution >= 4 is 12.6 Å². The highest BCUT2D eigenvalue weighted by molar-refractivity contribution is 6.62. The summed E-state index contributed by atoms with van der Waals surface area (Å²) in [4.78, 5) is 0. The molecule has 15 heavy (non-hydrogen) atoms. The van der Waals surface area contributed by atoms with E-state index >= 15 is 0 Å². The molecular weight excluding hydrogens is 189 g/mol. The zero-order valence-corrected chi connectivity index (χ0v) is 9.34. The first-order valence-electron chi connectivity index (χ1n) is 7.84. The van der Waals surface area contributed by atoms with Gasteiger partial charge in [-0.15, -0.1) is 0 Å². The summed E-state index contributed by atoms with van der Waals surface area (Å²) in [6, 6.07) is -0.352. The minimum absolute atomic E-state index is 0.0187. The number of aromatic nitrogens is 1. The van der Waals surface area contributed by atoms with Crippen molar-refractivity contribution in [1.82, 2.24) is 4.57 Å². The van der Waals surface area contributed by atoms with Crippen molar-refractivity contribution < 1.29 is 17.5 Å². The third kappa shape index (κ3) is 1.72. The van der Waals surface area contributed by atoms with E-state index in [0.717, 1.165) is 0 Å². The van der Waals surface area contributed by atoms with Crippen LogP contribution in [0.2, 0.25) is 0 Å². The molecule has 1 saturated heterocycles. The first-order valence-corrected chi connectivity index (χ1v) is 4.84. The lowest BCUT2D eigenvalue weighted by atomic mass is 9.81. The molecule has 1 aromatic rings. The van der Waals surface area contributed by atoms with E-state index < -0.39 is 37.6 Å². The Kier molecular flexibility index (Phi) is 1.16. The van der Waals surface area contributed by atoms with Crippen LogP contribution in [0, 0.1) is 0 Å². The van der Waals surface area contributed by atoms with Crippen LogP contribution in [0.3, 0.4) is 0 Å². The van der Waals surface area contributed by atoms with E-state index in [-0.39, 0.29) is 11.5 Å². The van der Waals surface area contributed by atoms with E-state index in [1.165, 1.54) is 0 Å². The molecule has 0 unspecified atom stereocenters. The lowest BCUT2D eigenvalue weighted by Gasteiger charge is -2.32. The summed E-state index contributed by atoms with van der Waals surface area (Å²) in [5.74, 6) is 0. The van der Waals surface area contributed by atoms with Crippen LogP contribution in [0.4, 0.5) is 0 Å². The quantitative estimate of drug-likeness (QED) is 0.657. The molecule has 0 spiro atoms. The average molecular weight is 213 g/mol. The van der Waals surface area contributed by atoms with Gasteiger partial charge in [-0.25, -0.2) is 0 Å². The van der Waals surface area contributed by atoms with Gasteiger partial charge in [-0.05, 0) is 33.7 Å². The van der Waals surface area contributed by atoms with Gasteiger partial charge in [0.25, 0.3) is 0 Å². The van der Waals surface area contributed by atoms with Crippen molar-refractivity contribution in [3.63, 3.8) is 0 Å². The van der Waals surface area contributed by atoms with Gasteiger partial charge in [-0.1, -0.05) is 0 Å². The monoisotopic (exact) mass is 213 g/mol. The molecule has 0 amide bonds. The summed E-state index contributed by atoms with van der Waals surface area (Å²) in [7, 11) is -1.03. The van der Waals surface area contributed by atoms with Gasteiger partial charge in [0.1, 0.15) is 0 Å². The Morgan fingerprint density at radius 3 is 2.40 bits per heavy atom. The standard InChI is InChI=1S/C11H18BNO2/c1-10(2)11(3,4)15-12(14-10)9-6-7-13(5)8-9/h6-8H,1-5H3/i5D3,6D,7D,8D. The van der Waals surface area contributed by atoms with Crippen molar-refractivity contribution in [2.45, 2.75) is 38.9 Å². The number of hydrogen-bond donors (Lipinski definition) is 0. The van der Waals surface area contributed by atoms with Gasteiger partial charge in [-0.3, -0.25) is 0 Å². The Morgan fingerprint density at radius 2 is 1.93 bits per heavy atom. The fourth-order valence-corrected chi connectivity index (χ4v) is 1.37. The van der Waals surface area contributed by atoms with Crippen molar-refractivity contribution in [3.05, 3.63) is 18.4 Å². The molecule has 0 bridgehead atoms. The van der Waals surface area contributed by atoms with Gasteiger partial charge in [0.15, 0.2) is 0 Å². The van der Waals surface area contributed by atoms with Crippen LogP contribution in [0.25, 0.3) is 0 Å². The van der Waals surface area contributed by atoms with Gasteiger partial charge >= 0.3 is 7.12 Å². The predicted octanol–water partition coefficient (Wildman–Crippen LogP) is 1.32. The Bertz CT molecular complexity index is 564. The van der Waals surface area contributed by atoms with Crippen molar-refractivity contribution in [2.75, 3.05) is 0 Å². The smallest absolute Gasteiger partial charge is 0.399 e. The molecule has 0 radical (unpaired) electrons. The number of hydrogen-bond acceptors (Lipinski definition) is 2. The fourth-order valence-electron chi connectivity index (χ4n) is 1.37. The highest BCUT2D eigenvalue weighted by atomic mass is 16.7. The molecule has 0 aromatic carbocycles. The summed E-state index contributed by atoms with van der Waals surface area (Å²) in [6.07, 6.45) is -0.979. The fraction of sp³-hybridized carbons (Fsp3) is 0.636. The molecule has 3 nitrogen and oxygen atoms in total. The van der Waals surface area contributed by atoms with Crippen LogP contribution in [-0.2, 0) is 16.3 Å². The predicted molar refractivity (Wildman–Crippen MR) is 61.1 cm³/mol. The first kappa shape index (κ1) is 5.55.